The summed E-state index contributed by atoms with van der Waals surface area (Å²) < 4.78 is 6.05. The molecule has 1 atom stereocenters. The maximum absolute atomic E-state index is 11.9. The van der Waals surface area contributed by atoms with Crippen molar-refractivity contribution in [2.24, 2.45) is 5.92 Å². The van der Waals surface area contributed by atoms with E-state index in [1.54, 1.807) is 12.0 Å². The third kappa shape index (κ3) is 2.22. The normalized spacial score (nSPS) is 19.5. The first-order valence-corrected chi connectivity index (χ1v) is 6.22. The zero-order valence-corrected chi connectivity index (χ0v) is 11.2. The molecular formula is C13H14BrNO2. The number of nitrogens with zero attached hydrogens (tertiary/aromatic N) is 1. The van der Waals surface area contributed by atoms with Gasteiger partial charge in [-0.3, -0.25) is 4.79 Å². The van der Waals surface area contributed by atoms with Crippen molar-refractivity contribution in [2.75, 3.05) is 18.6 Å². The van der Waals surface area contributed by atoms with Crippen LogP contribution in [0.25, 0.3) is 0 Å². The summed E-state index contributed by atoms with van der Waals surface area (Å²) in [5, 5.41) is 0. The Labute approximate surface area is 109 Å². The topological polar surface area (TPSA) is 29.5 Å². The van der Waals surface area contributed by atoms with Crippen LogP contribution in [0.2, 0.25) is 0 Å². The number of ether oxygens (including phenoxy) is 1. The van der Waals surface area contributed by atoms with Crippen LogP contribution in [0.1, 0.15) is 6.42 Å². The van der Waals surface area contributed by atoms with Crippen molar-refractivity contribution in [3.8, 4) is 5.75 Å². The highest BCUT2D eigenvalue weighted by molar-refractivity contribution is 9.10. The van der Waals surface area contributed by atoms with Gasteiger partial charge < -0.3 is 9.64 Å². The van der Waals surface area contributed by atoms with Gasteiger partial charge in [-0.2, -0.15) is 0 Å². The third-order valence-corrected chi connectivity index (χ3v) is 3.74. The van der Waals surface area contributed by atoms with Crippen molar-refractivity contribution < 1.29 is 9.53 Å². The summed E-state index contributed by atoms with van der Waals surface area (Å²) in [6.07, 6.45) is 2.37. The van der Waals surface area contributed by atoms with Gasteiger partial charge in [-0.25, -0.2) is 0 Å². The van der Waals surface area contributed by atoms with Crippen molar-refractivity contribution in [3.63, 3.8) is 0 Å². The minimum Gasteiger partial charge on any atom is -0.495 e. The summed E-state index contributed by atoms with van der Waals surface area (Å²) in [6, 6.07) is 5.66. The van der Waals surface area contributed by atoms with Gasteiger partial charge in [0.15, 0.2) is 0 Å². The number of carbonyl (C=O) groups excluding carboxylic acids is 1. The molecule has 0 saturated carbocycles. The van der Waals surface area contributed by atoms with Crippen LogP contribution in [-0.2, 0) is 4.79 Å². The molecule has 1 aromatic carbocycles. The molecule has 1 fully saturated rings. The number of hydrogen-bond donors (Lipinski definition) is 0. The number of rotatable bonds is 3. The Hall–Kier alpha value is -1.29. The summed E-state index contributed by atoms with van der Waals surface area (Å²) in [4.78, 5) is 13.7. The van der Waals surface area contributed by atoms with Crippen LogP contribution in [-0.4, -0.2) is 19.6 Å². The Bertz CT molecular complexity index is 459. The summed E-state index contributed by atoms with van der Waals surface area (Å²) in [5.74, 6) is 1.10. The van der Waals surface area contributed by atoms with E-state index in [-0.39, 0.29) is 11.8 Å². The van der Waals surface area contributed by atoms with Crippen LogP contribution in [0.3, 0.4) is 0 Å². The monoisotopic (exact) mass is 295 g/mol. The highest BCUT2D eigenvalue weighted by atomic mass is 79.9. The van der Waals surface area contributed by atoms with Crippen molar-refractivity contribution in [2.45, 2.75) is 6.42 Å². The van der Waals surface area contributed by atoms with E-state index in [0.29, 0.717) is 13.0 Å². The second kappa shape index (κ2) is 4.92. The molecule has 2 rings (SSSR count). The van der Waals surface area contributed by atoms with Gasteiger partial charge in [0, 0.05) is 18.9 Å². The first kappa shape index (κ1) is 12.2. The minimum atomic E-state index is 0.129. The minimum absolute atomic E-state index is 0.129. The largest absolute Gasteiger partial charge is 0.495 e. The molecule has 17 heavy (non-hydrogen) atoms. The van der Waals surface area contributed by atoms with Crippen LogP contribution in [0.15, 0.2) is 35.3 Å². The van der Waals surface area contributed by atoms with Crippen molar-refractivity contribution in [1.29, 1.82) is 0 Å². The Morgan fingerprint density at radius 1 is 1.59 bits per heavy atom. The first-order valence-electron chi connectivity index (χ1n) is 5.42. The van der Waals surface area contributed by atoms with Crippen molar-refractivity contribution in [3.05, 3.63) is 35.3 Å². The number of benzene rings is 1. The van der Waals surface area contributed by atoms with E-state index in [2.05, 4.69) is 22.5 Å². The molecule has 0 N–H and O–H groups in total. The average molecular weight is 296 g/mol. The zero-order chi connectivity index (χ0) is 12.4. The maximum atomic E-state index is 11.9. The molecule has 1 aliphatic heterocycles. The number of anilines is 1. The number of halogens is 1. The Morgan fingerprint density at radius 2 is 2.35 bits per heavy atom. The second-order valence-corrected chi connectivity index (χ2v) is 4.79. The highest BCUT2D eigenvalue weighted by Gasteiger charge is 2.30. The molecule has 0 aromatic heterocycles. The average Bonchev–Trinajstić information content (AvgIpc) is 2.71. The fourth-order valence-electron chi connectivity index (χ4n) is 1.99. The van der Waals surface area contributed by atoms with E-state index in [1.807, 2.05) is 24.3 Å². The molecule has 0 aliphatic carbocycles. The van der Waals surface area contributed by atoms with Gasteiger partial charge in [0.2, 0.25) is 5.91 Å². The second-order valence-electron chi connectivity index (χ2n) is 4.00. The maximum Gasteiger partial charge on any atom is 0.227 e. The summed E-state index contributed by atoms with van der Waals surface area (Å²) in [6.45, 7) is 4.43. The van der Waals surface area contributed by atoms with E-state index in [4.69, 9.17) is 4.74 Å². The third-order valence-electron chi connectivity index (χ3n) is 2.94. The standard InChI is InChI=1S/C13H14BrNO2/c1-3-9-7-12(16)15(8-9)10-5-4-6-11(17-2)13(10)14/h3-6,9H,1,7-8H2,2H3. The Balaban J connectivity index is 2.35. The van der Waals surface area contributed by atoms with Gasteiger partial charge in [-0.1, -0.05) is 12.1 Å². The van der Waals surface area contributed by atoms with Gasteiger partial charge in [-0.15, -0.1) is 6.58 Å². The summed E-state index contributed by atoms with van der Waals surface area (Å²) in [7, 11) is 1.61. The number of hydrogen-bond acceptors (Lipinski definition) is 2. The van der Waals surface area contributed by atoms with Gasteiger partial charge in [0.1, 0.15) is 5.75 Å². The lowest BCUT2D eigenvalue weighted by Gasteiger charge is -2.19. The lowest BCUT2D eigenvalue weighted by atomic mass is 10.1. The van der Waals surface area contributed by atoms with Crippen molar-refractivity contribution in [1.82, 2.24) is 0 Å². The predicted octanol–water partition coefficient (Wildman–Crippen LogP) is 3.00. The van der Waals surface area contributed by atoms with Gasteiger partial charge in [0.25, 0.3) is 0 Å². The molecule has 4 heteroatoms. The molecule has 1 saturated heterocycles. The van der Waals surface area contributed by atoms with Crippen LogP contribution in [0.5, 0.6) is 5.75 Å². The molecule has 1 aliphatic rings. The first-order chi connectivity index (χ1) is 8.17. The lowest BCUT2D eigenvalue weighted by molar-refractivity contribution is -0.117. The predicted molar refractivity (Wildman–Crippen MR) is 71.4 cm³/mol. The molecule has 1 amide bonds. The van der Waals surface area contributed by atoms with Crippen LogP contribution < -0.4 is 9.64 Å². The van der Waals surface area contributed by atoms with E-state index in [0.717, 1.165) is 15.9 Å². The van der Waals surface area contributed by atoms with Crippen LogP contribution >= 0.6 is 15.9 Å². The SMILES string of the molecule is C=CC1CC(=O)N(c2cccc(OC)c2Br)C1. The van der Waals surface area contributed by atoms with Gasteiger partial charge >= 0.3 is 0 Å². The van der Waals surface area contributed by atoms with E-state index >= 15 is 0 Å². The summed E-state index contributed by atoms with van der Waals surface area (Å²) in [5.41, 5.74) is 0.860. The van der Waals surface area contributed by atoms with E-state index in [9.17, 15) is 4.79 Å². The highest BCUT2D eigenvalue weighted by Crippen LogP contribution is 2.37. The molecule has 0 bridgehead atoms. The molecule has 0 radical (unpaired) electrons. The van der Waals surface area contributed by atoms with E-state index < -0.39 is 0 Å². The smallest absolute Gasteiger partial charge is 0.227 e. The molecular weight excluding hydrogens is 282 g/mol. The number of carbonyl (C=O) groups is 1. The number of amides is 1. The molecule has 0 spiro atoms. The van der Waals surface area contributed by atoms with Crippen LogP contribution in [0, 0.1) is 5.92 Å². The summed E-state index contributed by atoms with van der Waals surface area (Å²) >= 11 is 3.48. The zero-order valence-electron chi connectivity index (χ0n) is 9.65. The Kier molecular flexibility index (Phi) is 3.52. The fourth-order valence-corrected chi connectivity index (χ4v) is 2.63. The Morgan fingerprint density at radius 3 is 2.94 bits per heavy atom. The molecule has 1 aromatic rings. The molecule has 1 unspecified atom stereocenters. The van der Waals surface area contributed by atoms with E-state index in [1.165, 1.54) is 0 Å². The molecule has 90 valence electrons. The fraction of sp³-hybridized carbons (Fsp3) is 0.308. The van der Waals surface area contributed by atoms with Crippen LogP contribution in [0.4, 0.5) is 5.69 Å². The lowest BCUT2D eigenvalue weighted by Crippen LogP contribution is -2.24. The van der Waals surface area contributed by atoms with Crippen molar-refractivity contribution >= 4 is 27.5 Å². The van der Waals surface area contributed by atoms with Gasteiger partial charge in [0.05, 0.1) is 17.3 Å². The molecule has 3 nitrogen and oxygen atoms in total. The quantitative estimate of drug-likeness (QED) is 0.803. The number of methoxy groups -OCH3 is 1. The molecule has 1 heterocycles. The van der Waals surface area contributed by atoms with Gasteiger partial charge in [-0.05, 0) is 28.1 Å².